The molecule has 1 aromatic carbocycles. The number of allylic oxidation sites excluding steroid dienone is 3. The second-order valence-electron chi connectivity index (χ2n) is 5.40. The number of hydrogen-bond acceptors (Lipinski definition) is 2. The van der Waals surface area contributed by atoms with Gasteiger partial charge >= 0.3 is 0 Å². The summed E-state index contributed by atoms with van der Waals surface area (Å²) in [7, 11) is 6.42. The van der Waals surface area contributed by atoms with Crippen LogP contribution in [-0.2, 0) is 0 Å². The van der Waals surface area contributed by atoms with Crippen molar-refractivity contribution in [2.75, 3.05) is 30.9 Å². The van der Waals surface area contributed by atoms with Gasteiger partial charge in [0.2, 0.25) is 6.71 Å². The van der Waals surface area contributed by atoms with E-state index in [0.29, 0.717) is 6.71 Å². The van der Waals surface area contributed by atoms with Gasteiger partial charge in [-0.3, -0.25) is 0 Å². The second-order valence-corrected chi connectivity index (χ2v) is 5.40. The molecule has 3 heteroatoms. The molecule has 0 atom stereocenters. The Hall–Kier alpha value is -1.64. The molecule has 2 aliphatic rings. The van der Waals surface area contributed by atoms with E-state index in [1.807, 2.05) is 0 Å². The number of likely N-dealkylation sites (N-methyl/N-ethyl adjacent to an activating group) is 1. The molecule has 1 aliphatic carbocycles. The zero-order valence-corrected chi connectivity index (χ0v) is 11.6. The third-order valence-corrected chi connectivity index (χ3v) is 4.16. The quantitative estimate of drug-likeness (QED) is 0.692. The van der Waals surface area contributed by atoms with Crippen LogP contribution in [-0.4, -0.2) is 27.9 Å². The van der Waals surface area contributed by atoms with Crippen LogP contribution in [0.15, 0.2) is 41.5 Å². The summed E-state index contributed by atoms with van der Waals surface area (Å²) in [5, 5.41) is 0. The van der Waals surface area contributed by atoms with Crippen LogP contribution in [0.2, 0.25) is 6.82 Å². The van der Waals surface area contributed by atoms with E-state index in [9.17, 15) is 0 Å². The number of anilines is 2. The van der Waals surface area contributed by atoms with Crippen LogP contribution in [0.25, 0.3) is 0 Å². The number of rotatable bonds is 1. The predicted octanol–water partition coefficient (Wildman–Crippen LogP) is 2.29. The maximum atomic E-state index is 2.33. The van der Waals surface area contributed by atoms with E-state index in [0.717, 1.165) is 6.42 Å². The monoisotopic (exact) mass is 238 g/mol. The standard InChI is InChI=1S/C15H19BN2/c1-16-11-7-5-8-12(11)18(4)14-10-6-9-13(15(14)16)17(2)3/h5-6,8-10H,7H2,1-4H3. The number of benzene rings is 1. The van der Waals surface area contributed by atoms with Crippen LogP contribution >= 0.6 is 0 Å². The van der Waals surface area contributed by atoms with Gasteiger partial charge in [-0.1, -0.05) is 24.4 Å². The average molecular weight is 238 g/mol. The van der Waals surface area contributed by atoms with Gasteiger partial charge in [-0.25, -0.2) is 0 Å². The summed E-state index contributed by atoms with van der Waals surface area (Å²) >= 11 is 0. The summed E-state index contributed by atoms with van der Waals surface area (Å²) in [5.41, 5.74) is 7.10. The van der Waals surface area contributed by atoms with E-state index in [4.69, 9.17) is 0 Å². The van der Waals surface area contributed by atoms with Crippen molar-refractivity contribution in [3.8, 4) is 0 Å². The van der Waals surface area contributed by atoms with Gasteiger partial charge in [0.05, 0.1) is 0 Å². The molecule has 92 valence electrons. The minimum Gasteiger partial charge on any atom is -0.378 e. The predicted molar refractivity (Wildman–Crippen MR) is 81.2 cm³/mol. The molecule has 1 aromatic rings. The fourth-order valence-electron chi connectivity index (χ4n) is 3.21. The first-order valence-corrected chi connectivity index (χ1v) is 6.54. The summed E-state index contributed by atoms with van der Waals surface area (Å²) in [6, 6.07) is 6.60. The van der Waals surface area contributed by atoms with Gasteiger partial charge in [0.15, 0.2) is 0 Å². The fraction of sp³-hybridized carbons (Fsp3) is 0.333. The third-order valence-electron chi connectivity index (χ3n) is 4.16. The molecule has 0 fully saturated rings. The molecular weight excluding hydrogens is 219 g/mol. The maximum Gasteiger partial charge on any atom is 0.209 e. The highest BCUT2D eigenvalue weighted by molar-refractivity contribution is 6.82. The Morgan fingerprint density at radius 2 is 2.06 bits per heavy atom. The molecule has 18 heavy (non-hydrogen) atoms. The van der Waals surface area contributed by atoms with E-state index >= 15 is 0 Å². The second kappa shape index (κ2) is 3.94. The van der Waals surface area contributed by atoms with Crippen LogP contribution in [0.5, 0.6) is 0 Å². The van der Waals surface area contributed by atoms with E-state index < -0.39 is 0 Å². The smallest absolute Gasteiger partial charge is 0.209 e. The molecule has 0 saturated heterocycles. The zero-order chi connectivity index (χ0) is 12.9. The van der Waals surface area contributed by atoms with E-state index in [2.05, 4.69) is 68.1 Å². The number of fused-ring (bicyclic) bond motifs is 1. The van der Waals surface area contributed by atoms with Crippen LogP contribution < -0.4 is 15.3 Å². The van der Waals surface area contributed by atoms with Gasteiger partial charge in [0, 0.05) is 38.2 Å². The molecular formula is C15H19BN2. The normalized spacial score (nSPS) is 17.1. The Balaban J connectivity index is 2.21. The molecule has 1 heterocycles. The Kier molecular flexibility index (Phi) is 2.51. The SMILES string of the molecule is CB1C2=C(C=CC2)N(C)c2cccc(N(C)C)c21. The summed E-state index contributed by atoms with van der Waals surface area (Å²) in [4.78, 5) is 4.55. The van der Waals surface area contributed by atoms with Gasteiger partial charge in [-0.05, 0) is 30.1 Å². The molecule has 0 unspecified atom stereocenters. The Labute approximate surface area is 110 Å². The minimum absolute atomic E-state index is 0.514. The molecule has 2 nitrogen and oxygen atoms in total. The van der Waals surface area contributed by atoms with E-state index in [1.54, 1.807) is 5.47 Å². The largest absolute Gasteiger partial charge is 0.378 e. The van der Waals surface area contributed by atoms with Crippen molar-refractivity contribution >= 4 is 23.6 Å². The fourth-order valence-corrected chi connectivity index (χ4v) is 3.21. The molecule has 0 bridgehead atoms. The molecule has 0 N–H and O–H groups in total. The van der Waals surface area contributed by atoms with Gasteiger partial charge in [-0.15, -0.1) is 0 Å². The number of hydrogen-bond donors (Lipinski definition) is 0. The lowest BCUT2D eigenvalue weighted by Gasteiger charge is -2.35. The van der Waals surface area contributed by atoms with Crippen molar-refractivity contribution < 1.29 is 0 Å². The Morgan fingerprint density at radius 1 is 1.28 bits per heavy atom. The summed E-state index contributed by atoms with van der Waals surface area (Å²) in [6.07, 6.45) is 5.64. The highest BCUT2D eigenvalue weighted by Gasteiger charge is 2.32. The highest BCUT2D eigenvalue weighted by Crippen LogP contribution is 2.34. The van der Waals surface area contributed by atoms with Gasteiger partial charge in [0.25, 0.3) is 0 Å². The maximum absolute atomic E-state index is 2.33. The molecule has 0 aromatic heterocycles. The number of nitrogens with zero attached hydrogens (tertiary/aromatic N) is 2. The lowest BCUT2D eigenvalue weighted by molar-refractivity contribution is 1.10. The van der Waals surface area contributed by atoms with Gasteiger partial charge < -0.3 is 9.80 Å². The Bertz CT molecular complexity index is 558. The van der Waals surface area contributed by atoms with Crippen LogP contribution in [0, 0.1) is 0 Å². The average Bonchev–Trinajstić information content (AvgIpc) is 2.84. The van der Waals surface area contributed by atoms with Crippen molar-refractivity contribution in [1.29, 1.82) is 0 Å². The third kappa shape index (κ3) is 1.43. The van der Waals surface area contributed by atoms with Crippen molar-refractivity contribution in [2.24, 2.45) is 0 Å². The molecule has 0 radical (unpaired) electrons. The van der Waals surface area contributed by atoms with E-state index in [1.165, 1.54) is 22.5 Å². The van der Waals surface area contributed by atoms with Crippen molar-refractivity contribution in [3.63, 3.8) is 0 Å². The van der Waals surface area contributed by atoms with Crippen LogP contribution in [0.4, 0.5) is 11.4 Å². The first-order valence-electron chi connectivity index (χ1n) is 6.54. The molecule has 0 amide bonds. The Morgan fingerprint density at radius 3 is 2.78 bits per heavy atom. The van der Waals surface area contributed by atoms with Gasteiger partial charge in [-0.2, -0.15) is 0 Å². The summed E-state index contributed by atoms with van der Waals surface area (Å²) < 4.78 is 0. The molecule has 0 saturated carbocycles. The summed E-state index contributed by atoms with van der Waals surface area (Å²) in [6.45, 7) is 2.85. The van der Waals surface area contributed by atoms with Crippen molar-refractivity contribution in [2.45, 2.75) is 13.2 Å². The first kappa shape index (κ1) is 11.5. The topological polar surface area (TPSA) is 6.48 Å². The van der Waals surface area contributed by atoms with Crippen LogP contribution in [0.1, 0.15) is 6.42 Å². The lowest BCUT2D eigenvalue weighted by Crippen LogP contribution is -2.42. The summed E-state index contributed by atoms with van der Waals surface area (Å²) in [5.74, 6) is 0. The van der Waals surface area contributed by atoms with Crippen molar-refractivity contribution in [1.82, 2.24) is 0 Å². The van der Waals surface area contributed by atoms with Crippen molar-refractivity contribution in [3.05, 3.63) is 41.5 Å². The van der Waals surface area contributed by atoms with Crippen LogP contribution in [0.3, 0.4) is 0 Å². The van der Waals surface area contributed by atoms with E-state index in [-0.39, 0.29) is 0 Å². The molecule has 0 spiro atoms. The lowest BCUT2D eigenvalue weighted by atomic mass is 9.39. The molecule has 3 rings (SSSR count). The first-order chi connectivity index (χ1) is 8.61. The molecule has 1 aliphatic heterocycles. The minimum atomic E-state index is 0.514. The van der Waals surface area contributed by atoms with Gasteiger partial charge in [0.1, 0.15) is 0 Å². The zero-order valence-electron chi connectivity index (χ0n) is 11.6. The highest BCUT2D eigenvalue weighted by atomic mass is 15.1.